The molecule has 2 rings (SSSR count). The summed E-state index contributed by atoms with van der Waals surface area (Å²) in [5, 5.41) is 5.61. The van der Waals surface area contributed by atoms with Crippen molar-refractivity contribution in [1.82, 2.24) is 5.32 Å². The van der Waals surface area contributed by atoms with E-state index < -0.39 is 0 Å². The van der Waals surface area contributed by atoms with Crippen molar-refractivity contribution in [3.63, 3.8) is 0 Å². The second kappa shape index (κ2) is 7.42. The van der Waals surface area contributed by atoms with Gasteiger partial charge in [0.2, 0.25) is 5.91 Å². The normalized spacial score (nSPS) is 10.1. The molecule has 0 aliphatic carbocycles. The van der Waals surface area contributed by atoms with Gasteiger partial charge in [-0.15, -0.1) is 0 Å². The van der Waals surface area contributed by atoms with Crippen molar-refractivity contribution in [2.24, 2.45) is 0 Å². The lowest BCUT2D eigenvalue weighted by Crippen LogP contribution is -2.33. The van der Waals surface area contributed by atoms with E-state index in [1.807, 2.05) is 19.1 Å². The average molecular weight is 382 g/mol. The first-order valence-corrected chi connectivity index (χ1v) is 7.73. The second-order valence-corrected chi connectivity index (χ2v) is 5.96. The fraction of sp³-hybridized carbons (Fsp3) is 0.125. The Morgan fingerprint density at radius 3 is 2.59 bits per heavy atom. The van der Waals surface area contributed by atoms with Crippen molar-refractivity contribution in [2.75, 3.05) is 11.9 Å². The summed E-state index contributed by atoms with van der Waals surface area (Å²) < 4.78 is 0.790. The van der Waals surface area contributed by atoms with Crippen molar-refractivity contribution in [3.05, 3.63) is 63.1 Å². The SMILES string of the molecule is Cc1ccc(NC(=O)CNC(=O)c2ccccc2Cl)c(Br)c1. The highest BCUT2D eigenvalue weighted by molar-refractivity contribution is 9.10. The zero-order chi connectivity index (χ0) is 16.1. The number of halogens is 2. The molecular formula is C16H14BrClN2O2. The number of rotatable bonds is 4. The molecule has 0 heterocycles. The molecule has 0 saturated carbocycles. The standard InChI is InChI=1S/C16H14BrClN2O2/c1-10-6-7-14(12(17)8-10)20-15(21)9-19-16(22)11-4-2-3-5-13(11)18/h2-8H,9H2,1H3,(H,19,22)(H,20,21). The molecule has 2 N–H and O–H groups in total. The molecule has 4 nitrogen and oxygen atoms in total. The first-order valence-electron chi connectivity index (χ1n) is 6.56. The van der Waals surface area contributed by atoms with Crippen molar-refractivity contribution in [1.29, 1.82) is 0 Å². The summed E-state index contributed by atoms with van der Waals surface area (Å²) in [6, 6.07) is 12.3. The Labute approximate surface area is 142 Å². The van der Waals surface area contributed by atoms with Gasteiger partial charge < -0.3 is 10.6 Å². The van der Waals surface area contributed by atoms with Crippen molar-refractivity contribution >= 4 is 45.0 Å². The summed E-state index contributed by atoms with van der Waals surface area (Å²) in [5.41, 5.74) is 2.08. The lowest BCUT2D eigenvalue weighted by Gasteiger charge is -2.09. The molecule has 6 heteroatoms. The van der Waals surface area contributed by atoms with Crippen molar-refractivity contribution in [2.45, 2.75) is 6.92 Å². The Morgan fingerprint density at radius 2 is 1.91 bits per heavy atom. The van der Waals surface area contributed by atoms with E-state index in [-0.39, 0.29) is 18.4 Å². The number of amides is 2. The maximum atomic E-state index is 11.9. The zero-order valence-corrected chi connectivity index (χ0v) is 14.2. The highest BCUT2D eigenvalue weighted by Crippen LogP contribution is 2.23. The Kier molecular flexibility index (Phi) is 5.57. The predicted molar refractivity (Wildman–Crippen MR) is 91.3 cm³/mol. The first-order chi connectivity index (χ1) is 10.5. The Hall–Kier alpha value is -1.85. The summed E-state index contributed by atoms with van der Waals surface area (Å²) in [5.74, 6) is -0.700. The molecule has 0 atom stereocenters. The van der Waals surface area contributed by atoms with Crippen LogP contribution in [0.5, 0.6) is 0 Å². The molecule has 0 radical (unpaired) electrons. The highest BCUT2D eigenvalue weighted by Gasteiger charge is 2.11. The molecular weight excluding hydrogens is 368 g/mol. The van der Waals surface area contributed by atoms with Crippen LogP contribution in [0.1, 0.15) is 15.9 Å². The number of carbonyl (C=O) groups excluding carboxylic acids is 2. The van der Waals surface area contributed by atoms with Crippen molar-refractivity contribution in [3.8, 4) is 0 Å². The lowest BCUT2D eigenvalue weighted by atomic mass is 10.2. The molecule has 0 aliphatic rings. The van der Waals surface area contributed by atoms with E-state index in [0.29, 0.717) is 16.3 Å². The molecule has 0 spiro atoms. The third-order valence-electron chi connectivity index (χ3n) is 2.93. The van der Waals surface area contributed by atoms with Gasteiger partial charge in [0.15, 0.2) is 0 Å². The van der Waals surface area contributed by atoms with Gasteiger partial charge in [-0.25, -0.2) is 0 Å². The van der Waals surface area contributed by atoms with Gasteiger partial charge in [0.1, 0.15) is 0 Å². The van der Waals surface area contributed by atoms with E-state index in [9.17, 15) is 9.59 Å². The van der Waals surface area contributed by atoms with Crippen LogP contribution < -0.4 is 10.6 Å². The molecule has 0 bridgehead atoms. The van der Waals surface area contributed by atoms with Gasteiger partial charge in [-0.3, -0.25) is 9.59 Å². The maximum absolute atomic E-state index is 11.9. The predicted octanol–water partition coefficient (Wildman–Crippen LogP) is 3.78. The quantitative estimate of drug-likeness (QED) is 0.847. The van der Waals surface area contributed by atoms with E-state index in [4.69, 9.17) is 11.6 Å². The monoisotopic (exact) mass is 380 g/mol. The number of hydrogen-bond acceptors (Lipinski definition) is 2. The third kappa shape index (κ3) is 4.32. The van der Waals surface area contributed by atoms with Crippen LogP contribution in [0.15, 0.2) is 46.9 Å². The van der Waals surface area contributed by atoms with Crippen LogP contribution in [-0.4, -0.2) is 18.4 Å². The van der Waals surface area contributed by atoms with E-state index in [1.165, 1.54) is 0 Å². The molecule has 114 valence electrons. The van der Waals surface area contributed by atoms with E-state index in [0.717, 1.165) is 10.0 Å². The largest absolute Gasteiger partial charge is 0.343 e. The smallest absolute Gasteiger partial charge is 0.253 e. The topological polar surface area (TPSA) is 58.2 Å². The van der Waals surface area contributed by atoms with Gasteiger partial charge in [0.25, 0.3) is 5.91 Å². The third-order valence-corrected chi connectivity index (χ3v) is 3.91. The van der Waals surface area contributed by atoms with Crippen LogP contribution in [0.25, 0.3) is 0 Å². The molecule has 2 amide bonds. The zero-order valence-electron chi connectivity index (χ0n) is 11.8. The van der Waals surface area contributed by atoms with Crippen molar-refractivity contribution < 1.29 is 9.59 Å². The number of aryl methyl sites for hydroxylation is 1. The summed E-state index contributed by atoms with van der Waals surface area (Å²) in [7, 11) is 0. The first kappa shape index (κ1) is 16.5. The Balaban J connectivity index is 1.93. The summed E-state index contributed by atoms with van der Waals surface area (Å²) in [4.78, 5) is 23.8. The van der Waals surface area contributed by atoms with Gasteiger partial charge in [0, 0.05) is 4.47 Å². The Morgan fingerprint density at radius 1 is 1.18 bits per heavy atom. The molecule has 0 aromatic heterocycles. The molecule has 0 fully saturated rings. The van der Waals surface area contributed by atoms with Crippen LogP contribution in [0, 0.1) is 6.92 Å². The minimum Gasteiger partial charge on any atom is -0.343 e. The van der Waals surface area contributed by atoms with Gasteiger partial charge in [-0.2, -0.15) is 0 Å². The minimum atomic E-state index is -0.385. The van der Waals surface area contributed by atoms with Crippen LogP contribution >= 0.6 is 27.5 Å². The molecule has 2 aromatic rings. The average Bonchev–Trinajstić information content (AvgIpc) is 2.48. The molecule has 2 aromatic carbocycles. The molecule has 0 saturated heterocycles. The van der Waals surface area contributed by atoms with Crippen LogP contribution in [0.3, 0.4) is 0 Å². The number of hydrogen-bond donors (Lipinski definition) is 2. The van der Waals surface area contributed by atoms with Gasteiger partial charge in [-0.05, 0) is 52.7 Å². The summed E-state index contributed by atoms with van der Waals surface area (Å²) in [6.45, 7) is 1.82. The highest BCUT2D eigenvalue weighted by atomic mass is 79.9. The van der Waals surface area contributed by atoms with E-state index >= 15 is 0 Å². The van der Waals surface area contributed by atoms with Crippen LogP contribution in [-0.2, 0) is 4.79 Å². The van der Waals surface area contributed by atoms with Gasteiger partial charge in [0.05, 0.1) is 22.8 Å². The summed E-state index contributed by atoms with van der Waals surface area (Å²) in [6.07, 6.45) is 0. The minimum absolute atomic E-state index is 0.135. The van der Waals surface area contributed by atoms with Gasteiger partial charge >= 0.3 is 0 Å². The second-order valence-electron chi connectivity index (χ2n) is 4.69. The maximum Gasteiger partial charge on any atom is 0.253 e. The Bertz CT molecular complexity index is 719. The number of benzene rings is 2. The van der Waals surface area contributed by atoms with Crippen LogP contribution in [0.2, 0.25) is 5.02 Å². The van der Waals surface area contributed by atoms with E-state index in [1.54, 1.807) is 30.3 Å². The number of carbonyl (C=O) groups is 2. The molecule has 0 aliphatic heterocycles. The lowest BCUT2D eigenvalue weighted by molar-refractivity contribution is -0.115. The fourth-order valence-electron chi connectivity index (χ4n) is 1.82. The van der Waals surface area contributed by atoms with Crippen LogP contribution in [0.4, 0.5) is 5.69 Å². The molecule has 0 unspecified atom stereocenters. The number of nitrogens with one attached hydrogen (secondary N) is 2. The summed E-state index contributed by atoms with van der Waals surface area (Å²) >= 11 is 9.31. The van der Waals surface area contributed by atoms with E-state index in [2.05, 4.69) is 26.6 Å². The number of anilines is 1. The fourth-order valence-corrected chi connectivity index (χ4v) is 2.63. The van der Waals surface area contributed by atoms with Gasteiger partial charge in [-0.1, -0.05) is 29.8 Å². The molecule has 22 heavy (non-hydrogen) atoms.